The number of carbonyl (C=O) groups excluding carboxylic acids is 2. The lowest BCUT2D eigenvalue weighted by Crippen LogP contribution is -2.12. The highest BCUT2D eigenvalue weighted by Gasteiger charge is 2.15. The summed E-state index contributed by atoms with van der Waals surface area (Å²) in [6.07, 6.45) is -0.213. The van der Waals surface area contributed by atoms with Gasteiger partial charge in [-0.05, 0) is 19.9 Å². The maximum atomic E-state index is 13.5. The number of rotatable bonds is 4. The Morgan fingerprint density at radius 3 is 2.62 bits per heavy atom. The largest absolute Gasteiger partial charge is 0.466 e. The number of esters is 1. The summed E-state index contributed by atoms with van der Waals surface area (Å²) in [5.41, 5.74) is 0.335. The highest BCUT2D eigenvalue weighted by molar-refractivity contribution is 5.96. The van der Waals surface area contributed by atoms with E-state index < -0.39 is 11.8 Å². The van der Waals surface area contributed by atoms with Crippen molar-refractivity contribution < 1.29 is 18.7 Å². The molecule has 16 heavy (non-hydrogen) atoms. The van der Waals surface area contributed by atoms with E-state index in [4.69, 9.17) is 4.74 Å². The molecule has 0 aliphatic rings. The minimum Gasteiger partial charge on any atom is -0.466 e. The van der Waals surface area contributed by atoms with Crippen molar-refractivity contribution in [1.82, 2.24) is 0 Å². The Morgan fingerprint density at radius 1 is 1.38 bits per heavy atom. The highest BCUT2D eigenvalue weighted by atomic mass is 19.1. The second kappa shape index (κ2) is 5.39. The number of ether oxygens (including phenoxy) is 1. The van der Waals surface area contributed by atoms with Crippen molar-refractivity contribution in [2.75, 3.05) is 6.61 Å². The number of halogens is 1. The van der Waals surface area contributed by atoms with E-state index in [0.29, 0.717) is 0 Å². The normalized spacial score (nSPS) is 9.94. The topological polar surface area (TPSA) is 43.4 Å². The third-order valence-electron chi connectivity index (χ3n) is 2.12. The molecular weight excluding hydrogens is 211 g/mol. The van der Waals surface area contributed by atoms with E-state index in [9.17, 15) is 14.0 Å². The number of benzene rings is 1. The molecule has 1 rings (SSSR count). The smallest absolute Gasteiger partial charge is 0.310 e. The van der Waals surface area contributed by atoms with Crippen LogP contribution in [0.1, 0.15) is 29.8 Å². The Labute approximate surface area is 93.2 Å². The summed E-state index contributed by atoms with van der Waals surface area (Å²) in [7, 11) is 0. The van der Waals surface area contributed by atoms with E-state index in [1.54, 1.807) is 6.92 Å². The molecule has 0 saturated carbocycles. The van der Waals surface area contributed by atoms with Gasteiger partial charge in [-0.25, -0.2) is 4.39 Å². The van der Waals surface area contributed by atoms with Crippen LogP contribution in [0.4, 0.5) is 4.39 Å². The van der Waals surface area contributed by atoms with Crippen LogP contribution in [0.2, 0.25) is 0 Å². The van der Waals surface area contributed by atoms with Crippen molar-refractivity contribution in [2.24, 2.45) is 0 Å². The van der Waals surface area contributed by atoms with Crippen LogP contribution < -0.4 is 0 Å². The van der Waals surface area contributed by atoms with Gasteiger partial charge in [0.25, 0.3) is 0 Å². The van der Waals surface area contributed by atoms with Gasteiger partial charge in [0.05, 0.1) is 13.0 Å². The molecule has 86 valence electrons. The lowest BCUT2D eigenvalue weighted by atomic mass is 10.0. The first-order valence-electron chi connectivity index (χ1n) is 5.00. The van der Waals surface area contributed by atoms with E-state index in [1.807, 2.05) is 0 Å². The average molecular weight is 224 g/mol. The fourth-order valence-electron chi connectivity index (χ4n) is 1.42. The van der Waals surface area contributed by atoms with Crippen LogP contribution in [-0.4, -0.2) is 18.4 Å². The maximum Gasteiger partial charge on any atom is 0.310 e. The van der Waals surface area contributed by atoms with E-state index >= 15 is 0 Å². The number of carbonyl (C=O) groups is 2. The van der Waals surface area contributed by atoms with Crippen LogP contribution >= 0.6 is 0 Å². The molecule has 0 aliphatic heterocycles. The molecule has 4 heteroatoms. The third kappa shape index (κ3) is 2.89. The molecule has 0 unspecified atom stereocenters. The molecule has 0 bridgehead atoms. The van der Waals surface area contributed by atoms with Gasteiger partial charge >= 0.3 is 5.97 Å². The zero-order valence-corrected chi connectivity index (χ0v) is 9.25. The molecule has 0 aliphatic carbocycles. The van der Waals surface area contributed by atoms with Crippen LogP contribution in [0.15, 0.2) is 18.2 Å². The van der Waals surface area contributed by atoms with Crippen molar-refractivity contribution in [3.05, 3.63) is 35.1 Å². The molecule has 0 radical (unpaired) electrons. The Morgan fingerprint density at radius 2 is 2.06 bits per heavy atom. The van der Waals surface area contributed by atoms with Gasteiger partial charge in [-0.3, -0.25) is 9.59 Å². The zero-order valence-electron chi connectivity index (χ0n) is 9.25. The Hall–Kier alpha value is -1.71. The standard InChI is InChI=1S/C12H13FO3/c1-3-16-12(15)7-10-9(8(2)14)5-4-6-11(10)13/h4-6H,3,7H2,1-2H3. The van der Waals surface area contributed by atoms with Gasteiger partial charge in [-0.15, -0.1) is 0 Å². The molecule has 1 aromatic carbocycles. The highest BCUT2D eigenvalue weighted by Crippen LogP contribution is 2.15. The van der Waals surface area contributed by atoms with Crippen LogP contribution in [0.25, 0.3) is 0 Å². The summed E-state index contributed by atoms with van der Waals surface area (Å²) < 4.78 is 18.2. The van der Waals surface area contributed by atoms with E-state index in [0.717, 1.165) is 0 Å². The number of hydrogen-bond donors (Lipinski definition) is 0. The zero-order chi connectivity index (χ0) is 12.1. The van der Waals surface area contributed by atoms with Crippen molar-refractivity contribution >= 4 is 11.8 Å². The monoisotopic (exact) mass is 224 g/mol. The van der Waals surface area contributed by atoms with Crippen molar-refractivity contribution in [1.29, 1.82) is 0 Å². The predicted octanol–water partition coefficient (Wildman–Crippen LogP) is 2.13. The summed E-state index contributed by atoms with van der Waals surface area (Å²) in [5.74, 6) is -1.35. The summed E-state index contributed by atoms with van der Waals surface area (Å²) in [6.45, 7) is 3.25. The van der Waals surface area contributed by atoms with E-state index in [-0.39, 0.29) is 29.9 Å². The molecule has 0 aromatic heterocycles. The fraction of sp³-hybridized carbons (Fsp3) is 0.333. The van der Waals surface area contributed by atoms with Gasteiger partial charge in [-0.2, -0.15) is 0 Å². The first kappa shape index (κ1) is 12.4. The van der Waals surface area contributed by atoms with Gasteiger partial charge in [-0.1, -0.05) is 12.1 Å². The summed E-state index contributed by atoms with van der Waals surface area (Å²) in [6, 6.07) is 4.17. The second-order valence-electron chi connectivity index (χ2n) is 3.30. The van der Waals surface area contributed by atoms with E-state index in [1.165, 1.54) is 25.1 Å². The van der Waals surface area contributed by atoms with Gasteiger partial charge in [0.1, 0.15) is 5.82 Å². The first-order valence-corrected chi connectivity index (χ1v) is 5.00. The second-order valence-corrected chi connectivity index (χ2v) is 3.30. The number of ketones is 1. The van der Waals surface area contributed by atoms with E-state index in [2.05, 4.69) is 0 Å². The Kier molecular flexibility index (Phi) is 4.17. The minimum atomic E-state index is -0.555. The molecule has 0 N–H and O–H groups in total. The minimum absolute atomic E-state index is 0.105. The fourth-order valence-corrected chi connectivity index (χ4v) is 1.42. The van der Waals surface area contributed by atoms with Crippen molar-refractivity contribution in [3.8, 4) is 0 Å². The number of hydrogen-bond acceptors (Lipinski definition) is 3. The first-order chi connectivity index (χ1) is 7.56. The molecule has 0 fully saturated rings. The molecule has 1 aromatic rings. The molecule has 0 spiro atoms. The third-order valence-corrected chi connectivity index (χ3v) is 2.12. The Bertz CT molecular complexity index is 413. The summed E-state index contributed by atoms with van der Waals surface area (Å²) >= 11 is 0. The lowest BCUT2D eigenvalue weighted by molar-refractivity contribution is -0.142. The van der Waals surface area contributed by atoms with Crippen molar-refractivity contribution in [2.45, 2.75) is 20.3 Å². The SMILES string of the molecule is CCOC(=O)Cc1c(F)cccc1C(C)=O. The molecule has 0 amide bonds. The van der Waals surface area contributed by atoms with Gasteiger partial charge in [0.15, 0.2) is 5.78 Å². The van der Waals surface area contributed by atoms with Crippen LogP contribution in [0, 0.1) is 5.82 Å². The van der Waals surface area contributed by atoms with Gasteiger partial charge in [0, 0.05) is 11.1 Å². The number of Topliss-reactive ketones (excluding diaryl/α,β-unsaturated/α-hetero) is 1. The van der Waals surface area contributed by atoms with Crippen LogP contribution in [-0.2, 0) is 16.0 Å². The molecule has 3 nitrogen and oxygen atoms in total. The Balaban J connectivity index is 3.01. The maximum absolute atomic E-state index is 13.5. The van der Waals surface area contributed by atoms with Gasteiger partial charge in [0.2, 0.25) is 0 Å². The van der Waals surface area contributed by atoms with Gasteiger partial charge < -0.3 is 4.74 Å². The molecular formula is C12H13FO3. The summed E-state index contributed by atoms with van der Waals surface area (Å²) in [4.78, 5) is 22.5. The molecule has 0 atom stereocenters. The van der Waals surface area contributed by atoms with Crippen LogP contribution in [0.3, 0.4) is 0 Å². The lowest BCUT2D eigenvalue weighted by Gasteiger charge is -2.07. The van der Waals surface area contributed by atoms with Crippen LogP contribution in [0.5, 0.6) is 0 Å². The van der Waals surface area contributed by atoms with Crippen molar-refractivity contribution in [3.63, 3.8) is 0 Å². The summed E-state index contributed by atoms with van der Waals surface area (Å²) in [5, 5.41) is 0. The predicted molar refractivity (Wildman–Crippen MR) is 56.7 cm³/mol. The molecule has 0 heterocycles. The quantitative estimate of drug-likeness (QED) is 0.581. The molecule has 0 saturated heterocycles. The average Bonchev–Trinajstić information content (AvgIpc) is 2.21.